The Labute approximate surface area is 87.9 Å². The third-order valence-electron chi connectivity index (χ3n) is 2.68. The fourth-order valence-electron chi connectivity index (χ4n) is 1.86. The third-order valence-corrected chi connectivity index (χ3v) is 2.68. The van der Waals surface area contributed by atoms with E-state index in [0.29, 0.717) is 18.8 Å². The number of hydrogen-bond donors (Lipinski definition) is 1. The zero-order valence-electron chi connectivity index (χ0n) is 8.45. The number of methoxy groups -OCH3 is 1. The van der Waals surface area contributed by atoms with E-state index in [0.717, 1.165) is 11.1 Å². The van der Waals surface area contributed by atoms with Gasteiger partial charge in [-0.15, -0.1) is 0 Å². The van der Waals surface area contributed by atoms with Crippen LogP contribution in [0.5, 0.6) is 5.75 Å². The molecule has 1 aliphatic rings. The van der Waals surface area contributed by atoms with Crippen LogP contribution in [0.3, 0.4) is 0 Å². The minimum Gasteiger partial charge on any atom is -0.549 e. The zero-order valence-corrected chi connectivity index (χ0v) is 8.45. The summed E-state index contributed by atoms with van der Waals surface area (Å²) < 4.78 is 5.07. The highest BCUT2D eigenvalue weighted by Crippen LogP contribution is 2.27. The lowest BCUT2D eigenvalue weighted by Crippen LogP contribution is -2.39. The van der Waals surface area contributed by atoms with E-state index in [2.05, 4.69) is 5.32 Å². The van der Waals surface area contributed by atoms with Gasteiger partial charge in [0, 0.05) is 19.0 Å². The molecule has 0 fully saturated rings. The Morgan fingerprint density at radius 2 is 2.40 bits per heavy atom. The zero-order chi connectivity index (χ0) is 10.8. The van der Waals surface area contributed by atoms with Crippen LogP contribution in [0.2, 0.25) is 0 Å². The molecular weight excluding hydrogens is 194 g/mol. The maximum Gasteiger partial charge on any atom is 0.119 e. The number of rotatable bonds is 2. The average Bonchev–Trinajstić information content (AvgIpc) is 2.27. The molecule has 0 spiro atoms. The molecule has 0 amide bonds. The Bertz CT molecular complexity index is 389. The molecule has 0 aliphatic carbocycles. The highest BCUT2D eigenvalue weighted by Gasteiger charge is 2.21. The van der Waals surface area contributed by atoms with Gasteiger partial charge in [-0.25, -0.2) is 0 Å². The number of fused-ring (bicyclic) bond motifs is 1. The Hall–Kier alpha value is -1.55. The van der Waals surface area contributed by atoms with E-state index in [1.54, 1.807) is 13.2 Å². The molecule has 15 heavy (non-hydrogen) atoms. The number of hydrogen-bond acceptors (Lipinski definition) is 4. The van der Waals surface area contributed by atoms with Gasteiger partial charge in [0.05, 0.1) is 13.1 Å². The van der Waals surface area contributed by atoms with Gasteiger partial charge < -0.3 is 20.0 Å². The minimum absolute atomic E-state index is 0.419. The summed E-state index contributed by atoms with van der Waals surface area (Å²) in [4.78, 5) is 10.9. The molecule has 80 valence electrons. The van der Waals surface area contributed by atoms with E-state index in [-0.39, 0.29) is 0 Å². The molecule has 4 nitrogen and oxygen atoms in total. The predicted octanol–water partition coefficient (Wildman–Crippen LogP) is -0.368. The number of aliphatic carboxylic acids is 1. The SMILES string of the molecule is COc1ccc2c(c1)C(C(=O)[O-])CNC2. The van der Waals surface area contributed by atoms with Crippen molar-refractivity contribution in [2.75, 3.05) is 13.7 Å². The highest BCUT2D eigenvalue weighted by atomic mass is 16.5. The van der Waals surface area contributed by atoms with E-state index in [9.17, 15) is 9.90 Å². The lowest BCUT2D eigenvalue weighted by atomic mass is 9.91. The van der Waals surface area contributed by atoms with Crippen molar-refractivity contribution in [1.82, 2.24) is 5.32 Å². The molecule has 1 atom stereocenters. The second-order valence-electron chi connectivity index (χ2n) is 3.57. The second kappa shape index (κ2) is 3.90. The van der Waals surface area contributed by atoms with Gasteiger partial charge in [-0.05, 0) is 23.3 Å². The summed E-state index contributed by atoms with van der Waals surface area (Å²) in [5.74, 6) is -0.942. The second-order valence-corrected chi connectivity index (χ2v) is 3.57. The molecule has 1 aliphatic heterocycles. The number of carbonyl (C=O) groups is 1. The van der Waals surface area contributed by atoms with Gasteiger partial charge in [0.1, 0.15) is 5.75 Å². The first-order valence-corrected chi connectivity index (χ1v) is 4.80. The third kappa shape index (κ3) is 1.80. The first-order chi connectivity index (χ1) is 7.22. The standard InChI is InChI=1S/C11H13NO3/c1-15-8-3-2-7-5-12-6-10(11(13)14)9(7)4-8/h2-4,10,12H,5-6H2,1H3,(H,13,14)/p-1. The maximum absolute atomic E-state index is 10.9. The molecule has 0 aromatic heterocycles. The monoisotopic (exact) mass is 206 g/mol. The number of carboxylic acids is 1. The summed E-state index contributed by atoms with van der Waals surface area (Å²) in [7, 11) is 1.57. The van der Waals surface area contributed by atoms with Crippen molar-refractivity contribution < 1.29 is 14.6 Å². The number of carbonyl (C=O) groups excluding carboxylic acids is 1. The molecule has 0 saturated carbocycles. The first kappa shape index (κ1) is 9.98. The lowest BCUT2D eigenvalue weighted by Gasteiger charge is -2.27. The van der Waals surface area contributed by atoms with Crippen LogP contribution < -0.4 is 15.2 Å². The van der Waals surface area contributed by atoms with Crippen LogP contribution in [0.4, 0.5) is 0 Å². The summed E-state index contributed by atoms with van der Waals surface area (Å²) in [6, 6.07) is 5.49. The quantitative estimate of drug-likeness (QED) is 0.717. The van der Waals surface area contributed by atoms with Crippen LogP contribution in [0.1, 0.15) is 17.0 Å². The number of nitrogens with one attached hydrogen (secondary N) is 1. The molecule has 1 N–H and O–H groups in total. The van der Waals surface area contributed by atoms with Gasteiger partial charge in [0.2, 0.25) is 0 Å². The Morgan fingerprint density at radius 3 is 3.07 bits per heavy atom. The molecule has 2 rings (SSSR count). The van der Waals surface area contributed by atoms with Gasteiger partial charge in [0.15, 0.2) is 0 Å². The molecule has 1 aromatic carbocycles. The lowest BCUT2D eigenvalue weighted by molar-refractivity contribution is -0.308. The van der Waals surface area contributed by atoms with Crippen LogP contribution in [-0.4, -0.2) is 19.6 Å². The Morgan fingerprint density at radius 1 is 1.60 bits per heavy atom. The molecule has 0 bridgehead atoms. The smallest absolute Gasteiger partial charge is 0.119 e. The van der Waals surface area contributed by atoms with Crippen molar-refractivity contribution in [2.24, 2.45) is 0 Å². The molecule has 1 aromatic rings. The predicted molar refractivity (Wildman–Crippen MR) is 52.4 cm³/mol. The molecule has 1 heterocycles. The Kier molecular flexibility index (Phi) is 2.60. The molecule has 1 unspecified atom stereocenters. The number of carboxylic acid groups (broad SMARTS) is 1. The topological polar surface area (TPSA) is 61.4 Å². The van der Waals surface area contributed by atoms with E-state index < -0.39 is 11.9 Å². The van der Waals surface area contributed by atoms with E-state index in [4.69, 9.17) is 4.74 Å². The largest absolute Gasteiger partial charge is 0.549 e. The fraction of sp³-hybridized carbons (Fsp3) is 0.364. The van der Waals surface area contributed by atoms with Gasteiger partial charge in [-0.2, -0.15) is 0 Å². The van der Waals surface area contributed by atoms with Crippen LogP contribution >= 0.6 is 0 Å². The minimum atomic E-state index is -1.04. The van der Waals surface area contributed by atoms with Gasteiger partial charge in [0.25, 0.3) is 0 Å². The van der Waals surface area contributed by atoms with Crippen molar-refractivity contribution >= 4 is 5.97 Å². The van der Waals surface area contributed by atoms with E-state index in [1.165, 1.54) is 0 Å². The normalized spacial score (nSPS) is 19.4. The van der Waals surface area contributed by atoms with Crippen LogP contribution in [-0.2, 0) is 11.3 Å². The summed E-state index contributed by atoms with van der Waals surface area (Å²) in [5.41, 5.74) is 1.80. The van der Waals surface area contributed by atoms with Crippen molar-refractivity contribution in [3.05, 3.63) is 29.3 Å². The molecular formula is C11H12NO3-. The van der Waals surface area contributed by atoms with Crippen LogP contribution in [0.25, 0.3) is 0 Å². The van der Waals surface area contributed by atoms with Crippen molar-refractivity contribution in [3.8, 4) is 5.75 Å². The highest BCUT2D eigenvalue weighted by molar-refractivity contribution is 5.75. The number of ether oxygens (including phenoxy) is 1. The summed E-state index contributed by atoms with van der Waals surface area (Å²) >= 11 is 0. The van der Waals surface area contributed by atoms with Crippen molar-refractivity contribution in [3.63, 3.8) is 0 Å². The van der Waals surface area contributed by atoms with Gasteiger partial charge >= 0.3 is 0 Å². The van der Waals surface area contributed by atoms with Crippen molar-refractivity contribution in [1.29, 1.82) is 0 Å². The summed E-state index contributed by atoms with van der Waals surface area (Å²) in [6.45, 7) is 1.12. The maximum atomic E-state index is 10.9. The molecule has 0 radical (unpaired) electrons. The van der Waals surface area contributed by atoms with Crippen LogP contribution in [0.15, 0.2) is 18.2 Å². The number of benzene rings is 1. The first-order valence-electron chi connectivity index (χ1n) is 4.80. The van der Waals surface area contributed by atoms with E-state index >= 15 is 0 Å². The fourth-order valence-corrected chi connectivity index (χ4v) is 1.86. The van der Waals surface area contributed by atoms with Crippen LogP contribution in [0, 0.1) is 0 Å². The molecule has 0 saturated heterocycles. The summed E-state index contributed by atoms with van der Waals surface area (Å²) in [6.07, 6.45) is 0. The van der Waals surface area contributed by atoms with Gasteiger partial charge in [-0.1, -0.05) is 6.07 Å². The Balaban J connectivity index is 2.43. The van der Waals surface area contributed by atoms with Crippen molar-refractivity contribution in [2.45, 2.75) is 12.5 Å². The van der Waals surface area contributed by atoms with Gasteiger partial charge in [-0.3, -0.25) is 0 Å². The molecule has 4 heteroatoms. The summed E-state index contributed by atoms with van der Waals surface area (Å²) in [5, 5.41) is 14.0. The van der Waals surface area contributed by atoms with E-state index in [1.807, 2.05) is 12.1 Å². The average molecular weight is 206 g/mol.